The molecule has 0 heterocycles. The van der Waals surface area contributed by atoms with Crippen LogP contribution in [0.15, 0.2) is 91.0 Å². The fourth-order valence-electron chi connectivity index (χ4n) is 3.87. The SMILES string of the molecule is Cc1ccccc1/C=C/CC(CCC(=O)O)(C(=O)/C=C/c1ccc(Cl)cc1)c1ccccc1. The molecule has 0 fully saturated rings. The number of carbonyl (C=O) groups is 2. The van der Waals surface area contributed by atoms with Crippen LogP contribution >= 0.6 is 11.6 Å². The van der Waals surface area contributed by atoms with Crippen LogP contribution in [0, 0.1) is 6.92 Å². The minimum atomic E-state index is -0.984. The number of halogens is 1. The van der Waals surface area contributed by atoms with Crippen molar-refractivity contribution in [3.63, 3.8) is 0 Å². The van der Waals surface area contributed by atoms with Gasteiger partial charge in [-0.05, 0) is 60.2 Å². The first-order valence-electron chi connectivity index (χ1n) is 10.9. The Morgan fingerprint density at radius 2 is 1.58 bits per heavy atom. The molecule has 0 aliphatic rings. The van der Waals surface area contributed by atoms with Gasteiger partial charge in [-0.2, -0.15) is 0 Å². The van der Waals surface area contributed by atoms with E-state index in [4.69, 9.17) is 11.6 Å². The summed E-state index contributed by atoms with van der Waals surface area (Å²) in [6.07, 6.45) is 7.78. The topological polar surface area (TPSA) is 54.4 Å². The highest BCUT2D eigenvalue weighted by Crippen LogP contribution is 2.36. The first-order chi connectivity index (χ1) is 15.9. The molecule has 1 N–H and O–H groups in total. The molecule has 3 rings (SSSR count). The zero-order chi connectivity index (χ0) is 23.7. The molecule has 168 valence electrons. The van der Waals surface area contributed by atoms with Gasteiger partial charge in [-0.1, -0.05) is 96.6 Å². The molecule has 3 nitrogen and oxygen atoms in total. The van der Waals surface area contributed by atoms with Gasteiger partial charge in [0, 0.05) is 11.4 Å². The highest BCUT2D eigenvalue weighted by molar-refractivity contribution is 6.30. The van der Waals surface area contributed by atoms with Crippen molar-refractivity contribution in [3.8, 4) is 0 Å². The van der Waals surface area contributed by atoms with Crippen LogP contribution in [-0.4, -0.2) is 16.9 Å². The summed E-state index contributed by atoms with van der Waals surface area (Å²) in [5.41, 5.74) is 2.89. The van der Waals surface area contributed by atoms with Gasteiger partial charge in [-0.15, -0.1) is 0 Å². The van der Waals surface area contributed by atoms with Crippen molar-refractivity contribution in [2.75, 3.05) is 0 Å². The molecule has 0 amide bonds. The van der Waals surface area contributed by atoms with E-state index in [-0.39, 0.29) is 18.6 Å². The summed E-state index contributed by atoms with van der Waals surface area (Å²) >= 11 is 5.96. The Labute approximate surface area is 200 Å². The first-order valence-corrected chi connectivity index (χ1v) is 11.3. The number of carbonyl (C=O) groups excluding carboxylic acids is 1. The van der Waals surface area contributed by atoms with Crippen LogP contribution in [0.3, 0.4) is 0 Å². The van der Waals surface area contributed by atoms with E-state index in [1.807, 2.05) is 85.8 Å². The van der Waals surface area contributed by atoms with Crippen LogP contribution in [0.25, 0.3) is 12.2 Å². The zero-order valence-corrected chi connectivity index (χ0v) is 19.3. The van der Waals surface area contributed by atoms with Gasteiger partial charge in [0.2, 0.25) is 0 Å². The van der Waals surface area contributed by atoms with E-state index in [0.717, 1.165) is 22.3 Å². The summed E-state index contributed by atoms with van der Waals surface area (Å²) in [7, 11) is 0. The summed E-state index contributed by atoms with van der Waals surface area (Å²) in [6.45, 7) is 2.04. The number of carboxylic acids is 1. The maximum absolute atomic E-state index is 13.7. The Hall–Kier alpha value is -3.43. The number of rotatable bonds is 10. The predicted molar refractivity (Wildman–Crippen MR) is 135 cm³/mol. The summed E-state index contributed by atoms with van der Waals surface area (Å²) in [5.74, 6) is -1.05. The average molecular weight is 459 g/mol. The highest BCUT2D eigenvalue weighted by Gasteiger charge is 2.37. The molecule has 0 aromatic heterocycles. The minimum Gasteiger partial charge on any atom is -0.481 e. The van der Waals surface area contributed by atoms with Crippen LogP contribution in [0.4, 0.5) is 0 Å². The molecule has 0 spiro atoms. The van der Waals surface area contributed by atoms with Crippen molar-refractivity contribution >= 4 is 35.5 Å². The van der Waals surface area contributed by atoms with Gasteiger partial charge < -0.3 is 5.11 Å². The molecule has 4 heteroatoms. The van der Waals surface area contributed by atoms with Crippen LogP contribution < -0.4 is 0 Å². The number of hydrogen-bond acceptors (Lipinski definition) is 2. The van der Waals surface area contributed by atoms with Gasteiger partial charge in [-0.3, -0.25) is 9.59 Å². The van der Waals surface area contributed by atoms with E-state index < -0.39 is 11.4 Å². The number of aryl methyl sites for hydroxylation is 1. The van der Waals surface area contributed by atoms with E-state index in [1.54, 1.807) is 24.3 Å². The van der Waals surface area contributed by atoms with Crippen molar-refractivity contribution in [1.29, 1.82) is 0 Å². The van der Waals surface area contributed by atoms with Crippen molar-refractivity contribution in [3.05, 3.63) is 118 Å². The number of aliphatic carboxylic acids is 1. The van der Waals surface area contributed by atoms with Gasteiger partial charge in [0.05, 0.1) is 5.41 Å². The number of allylic oxidation sites excluding steroid dienone is 2. The molecule has 3 aromatic carbocycles. The second-order valence-electron chi connectivity index (χ2n) is 8.05. The third-order valence-electron chi connectivity index (χ3n) is 5.81. The Balaban J connectivity index is 1.99. The maximum atomic E-state index is 13.7. The number of benzene rings is 3. The summed E-state index contributed by atoms with van der Waals surface area (Å²) in [6, 6.07) is 24.7. The van der Waals surface area contributed by atoms with E-state index in [0.29, 0.717) is 11.4 Å². The van der Waals surface area contributed by atoms with Gasteiger partial charge in [-0.25, -0.2) is 0 Å². The molecule has 0 bridgehead atoms. The van der Waals surface area contributed by atoms with E-state index in [1.165, 1.54) is 0 Å². The molecular formula is C29H27ClO3. The monoisotopic (exact) mass is 458 g/mol. The Kier molecular flexibility index (Phi) is 8.39. The van der Waals surface area contributed by atoms with Crippen molar-refractivity contribution in [2.45, 2.75) is 31.6 Å². The number of ketones is 1. The third-order valence-corrected chi connectivity index (χ3v) is 6.07. The van der Waals surface area contributed by atoms with E-state index in [2.05, 4.69) is 0 Å². The molecule has 0 radical (unpaired) electrons. The Morgan fingerprint density at radius 3 is 2.24 bits per heavy atom. The van der Waals surface area contributed by atoms with E-state index in [9.17, 15) is 14.7 Å². The largest absolute Gasteiger partial charge is 0.481 e. The quantitative estimate of drug-likeness (QED) is 0.328. The molecule has 1 unspecified atom stereocenters. The molecule has 33 heavy (non-hydrogen) atoms. The second kappa shape index (κ2) is 11.4. The van der Waals surface area contributed by atoms with Crippen molar-refractivity contribution in [2.24, 2.45) is 0 Å². The molecule has 3 aromatic rings. The first kappa shape index (κ1) is 24.2. The molecule has 1 atom stereocenters. The van der Waals surface area contributed by atoms with Crippen LogP contribution in [0.1, 0.15) is 41.5 Å². The Morgan fingerprint density at radius 1 is 0.909 bits per heavy atom. The zero-order valence-electron chi connectivity index (χ0n) is 18.6. The standard InChI is InChI=1S/C29H27ClO3/c1-22-8-5-6-9-24(22)10-7-20-29(21-19-28(32)33,25-11-3-2-4-12-25)27(31)18-15-23-13-16-26(30)17-14-23/h2-18H,19-21H2,1H3,(H,32,33)/b10-7+,18-15+. The lowest BCUT2D eigenvalue weighted by molar-refractivity contribution is -0.137. The lowest BCUT2D eigenvalue weighted by atomic mass is 9.70. The summed E-state index contributed by atoms with van der Waals surface area (Å²) in [4.78, 5) is 25.2. The van der Waals surface area contributed by atoms with Gasteiger partial charge in [0.15, 0.2) is 5.78 Å². The molecular weight excluding hydrogens is 432 g/mol. The average Bonchev–Trinajstić information content (AvgIpc) is 2.82. The van der Waals surface area contributed by atoms with Crippen molar-refractivity contribution < 1.29 is 14.7 Å². The van der Waals surface area contributed by atoms with Gasteiger partial charge in [0.1, 0.15) is 0 Å². The summed E-state index contributed by atoms with van der Waals surface area (Å²) < 4.78 is 0. The Bertz CT molecular complexity index is 1150. The van der Waals surface area contributed by atoms with Crippen LogP contribution in [0.5, 0.6) is 0 Å². The summed E-state index contributed by atoms with van der Waals surface area (Å²) in [5, 5.41) is 10.0. The van der Waals surface area contributed by atoms with Crippen LogP contribution in [-0.2, 0) is 15.0 Å². The predicted octanol–water partition coefficient (Wildman–Crippen LogP) is 7.14. The fraction of sp³-hybridized carbons (Fsp3) is 0.172. The molecule has 0 aliphatic heterocycles. The highest BCUT2D eigenvalue weighted by atomic mass is 35.5. The second-order valence-corrected chi connectivity index (χ2v) is 8.49. The van der Waals surface area contributed by atoms with Crippen molar-refractivity contribution in [1.82, 2.24) is 0 Å². The van der Waals surface area contributed by atoms with E-state index >= 15 is 0 Å². The lowest BCUT2D eigenvalue weighted by Crippen LogP contribution is -2.35. The number of carboxylic acid groups (broad SMARTS) is 1. The lowest BCUT2D eigenvalue weighted by Gasteiger charge is -2.31. The maximum Gasteiger partial charge on any atom is 0.303 e. The molecule has 0 saturated carbocycles. The smallest absolute Gasteiger partial charge is 0.303 e. The van der Waals surface area contributed by atoms with Crippen LogP contribution in [0.2, 0.25) is 5.02 Å². The normalized spacial score (nSPS) is 13.3. The van der Waals surface area contributed by atoms with Gasteiger partial charge >= 0.3 is 5.97 Å². The minimum absolute atomic E-state index is 0.104. The molecule has 0 saturated heterocycles. The third kappa shape index (κ3) is 6.53. The molecule has 0 aliphatic carbocycles. The van der Waals surface area contributed by atoms with Gasteiger partial charge in [0.25, 0.3) is 0 Å². The number of hydrogen-bond donors (Lipinski definition) is 1. The fourth-order valence-corrected chi connectivity index (χ4v) is 4.00.